The van der Waals surface area contributed by atoms with E-state index in [4.69, 9.17) is 14.9 Å². The summed E-state index contributed by atoms with van der Waals surface area (Å²) in [7, 11) is 2.85. The minimum atomic E-state index is 0.317. The summed E-state index contributed by atoms with van der Waals surface area (Å²) in [5.41, 5.74) is 2.80. The highest BCUT2D eigenvalue weighted by atomic mass is 128. The van der Waals surface area contributed by atoms with Crippen molar-refractivity contribution in [1.29, 1.82) is 0 Å². The number of aromatic nitrogens is 7. The maximum atomic E-state index is 7.00. The van der Waals surface area contributed by atoms with Crippen LogP contribution in [0.3, 0.4) is 0 Å². The van der Waals surface area contributed by atoms with E-state index in [2.05, 4.69) is 63.6 Å². The summed E-state index contributed by atoms with van der Waals surface area (Å²) in [6.07, 6.45) is 5.06. The van der Waals surface area contributed by atoms with Crippen LogP contribution in [-0.4, -0.2) is 46.8 Å². The van der Waals surface area contributed by atoms with E-state index in [-0.39, 0.29) is 0 Å². The van der Waals surface area contributed by atoms with Gasteiger partial charge in [-0.05, 0) is 24.8 Å². The van der Waals surface area contributed by atoms with E-state index in [0.29, 0.717) is 24.2 Å². The van der Waals surface area contributed by atoms with Gasteiger partial charge in [-0.3, -0.25) is 4.68 Å². The summed E-state index contributed by atoms with van der Waals surface area (Å²) in [5, 5.41) is 24.5. The van der Waals surface area contributed by atoms with Crippen LogP contribution in [0.5, 0.6) is 5.88 Å². The van der Waals surface area contributed by atoms with Gasteiger partial charge < -0.3 is 9.84 Å². The van der Waals surface area contributed by atoms with Gasteiger partial charge in [0, 0.05) is 62.5 Å². The number of aliphatic hydroxyl groups excluding tert-OH is 1. The molecule has 0 radical (unpaired) electrons. The van der Waals surface area contributed by atoms with Crippen LogP contribution in [0.2, 0.25) is 0 Å². The molecule has 1 saturated carbocycles. The number of aryl methyl sites for hydroxylation is 1. The van der Waals surface area contributed by atoms with Crippen molar-refractivity contribution in [1.82, 2.24) is 34.6 Å². The Morgan fingerprint density at radius 2 is 1.87 bits per heavy atom. The summed E-state index contributed by atoms with van der Waals surface area (Å²) in [6.45, 7) is 0.317. The molecule has 1 aliphatic rings. The SMILES string of the molecule is CO.Cn1ncnc1COc1nn2c(-c3ccccc3)nnc2cc1C1CCC1.II. The lowest BCUT2D eigenvalue weighted by Gasteiger charge is -2.26. The molecule has 3 aromatic heterocycles. The second-order valence-corrected chi connectivity index (χ2v) is 6.78. The van der Waals surface area contributed by atoms with Crippen LogP contribution >= 0.6 is 37.2 Å². The van der Waals surface area contributed by atoms with Gasteiger partial charge in [-0.15, -0.1) is 15.3 Å². The predicted molar refractivity (Wildman–Crippen MR) is 134 cm³/mol. The molecule has 0 atom stereocenters. The highest BCUT2D eigenvalue weighted by Crippen LogP contribution is 2.40. The van der Waals surface area contributed by atoms with Crippen LogP contribution in [0, 0.1) is 0 Å². The smallest absolute Gasteiger partial charge is 0.235 e. The third-order valence-corrected chi connectivity index (χ3v) is 5.11. The zero-order chi connectivity index (χ0) is 22.2. The van der Waals surface area contributed by atoms with Gasteiger partial charge in [-0.25, -0.2) is 4.98 Å². The Morgan fingerprint density at radius 3 is 2.48 bits per heavy atom. The fraction of sp³-hybridized carbons (Fsp3) is 0.350. The number of hydrogen-bond acceptors (Lipinski definition) is 7. The van der Waals surface area contributed by atoms with E-state index in [0.717, 1.165) is 42.5 Å². The average molecular weight is 647 g/mol. The van der Waals surface area contributed by atoms with Crippen molar-refractivity contribution >= 4 is 42.9 Å². The van der Waals surface area contributed by atoms with E-state index in [1.165, 1.54) is 12.7 Å². The minimum Gasteiger partial charge on any atom is -0.468 e. The van der Waals surface area contributed by atoms with Crippen LogP contribution in [0.1, 0.15) is 36.6 Å². The van der Waals surface area contributed by atoms with Crippen LogP contribution in [-0.2, 0) is 13.7 Å². The number of benzene rings is 1. The van der Waals surface area contributed by atoms with Gasteiger partial charge in [0.15, 0.2) is 17.3 Å². The molecule has 0 amide bonds. The molecular formula is C20H23I2N7O2. The molecule has 0 spiro atoms. The predicted octanol–water partition coefficient (Wildman–Crippen LogP) is 4.15. The Kier molecular flexibility index (Phi) is 8.95. The first-order valence-electron chi connectivity index (χ1n) is 9.66. The lowest BCUT2D eigenvalue weighted by molar-refractivity contribution is 0.264. The highest BCUT2D eigenvalue weighted by molar-refractivity contribution is 15.0. The zero-order valence-electron chi connectivity index (χ0n) is 17.2. The van der Waals surface area contributed by atoms with Crippen molar-refractivity contribution in [2.24, 2.45) is 7.05 Å². The third-order valence-electron chi connectivity index (χ3n) is 5.11. The Hall–Kier alpha value is -1.87. The third kappa shape index (κ3) is 5.31. The zero-order valence-corrected chi connectivity index (χ0v) is 21.5. The standard InChI is InChI=1S/C19H19N7O.CH4O.I2/c1-25-17(20-12-21-25)11-27-19-15(13-8-5-9-13)10-16-22-23-18(26(16)24-19)14-6-3-2-4-7-14;2*1-2/h2-4,6-7,10,12-13H,5,8-9,11H2,1H3;2H,1H3;. The number of ether oxygens (including phenoxy) is 1. The quantitative estimate of drug-likeness (QED) is 0.325. The fourth-order valence-electron chi connectivity index (χ4n) is 3.30. The Balaban J connectivity index is 0.000000645. The molecule has 1 aromatic carbocycles. The molecule has 0 saturated heterocycles. The van der Waals surface area contributed by atoms with Crippen LogP contribution in [0.15, 0.2) is 42.7 Å². The van der Waals surface area contributed by atoms with Crippen molar-refractivity contribution in [2.45, 2.75) is 31.8 Å². The second kappa shape index (κ2) is 11.7. The molecule has 1 fully saturated rings. The van der Waals surface area contributed by atoms with Crippen LogP contribution in [0.4, 0.5) is 0 Å². The lowest BCUT2D eigenvalue weighted by atomic mass is 9.80. The summed E-state index contributed by atoms with van der Waals surface area (Å²) in [5.74, 6) is 2.54. The van der Waals surface area contributed by atoms with Crippen molar-refractivity contribution in [3.05, 3.63) is 54.1 Å². The van der Waals surface area contributed by atoms with Crippen molar-refractivity contribution < 1.29 is 9.84 Å². The number of fused-ring (bicyclic) bond motifs is 1. The van der Waals surface area contributed by atoms with Crippen molar-refractivity contribution in [2.75, 3.05) is 7.11 Å². The summed E-state index contributed by atoms with van der Waals surface area (Å²) in [4.78, 5) is 4.22. The minimum absolute atomic E-state index is 0.317. The maximum Gasteiger partial charge on any atom is 0.235 e. The maximum absolute atomic E-state index is 7.00. The van der Waals surface area contributed by atoms with Gasteiger partial charge in [0.2, 0.25) is 5.88 Å². The monoisotopic (exact) mass is 647 g/mol. The molecule has 1 N–H and O–H groups in total. The molecule has 11 heteroatoms. The van der Waals surface area contributed by atoms with E-state index < -0.39 is 0 Å². The number of hydrogen-bond donors (Lipinski definition) is 1. The van der Waals surface area contributed by atoms with Gasteiger partial charge >= 0.3 is 0 Å². The van der Waals surface area contributed by atoms with Crippen LogP contribution in [0.25, 0.3) is 17.0 Å². The second-order valence-electron chi connectivity index (χ2n) is 6.78. The largest absolute Gasteiger partial charge is 0.468 e. The molecule has 0 aliphatic heterocycles. The Bertz CT molecular complexity index is 1100. The number of halogens is 2. The summed E-state index contributed by atoms with van der Waals surface area (Å²) >= 11 is 4.24. The molecule has 4 aromatic rings. The first-order valence-corrected chi connectivity index (χ1v) is 15.9. The number of rotatable bonds is 5. The number of aliphatic hydroxyl groups is 1. The van der Waals surface area contributed by atoms with E-state index >= 15 is 0 Å². The summed E-state index contributed by atoms with van der Waals surface area (Å²) in [6, 6.07) is 12.0. The van der Waals surface area contributed by atoms with Gasteiger partial charge in [-0.2, -0.15) is 9.61 Å². The van der Waals surface area contributed by atoms with Crippen LogP contribution < -0.4 is 4.74 Å². The topological polar surface area (TPSA) is 103 Å². The Labute approximate surface area is 203 Å². The van der Waals surface area contributed by atoms with E-state index in [1.807, 2.05) is 37.4 Å². The molecule has 1 aliphatic carbocycles. The fourth-order valence-corrected chi connectivity index (χ4v) is 3.30. The first-order chi connectivity index (χ1) is 15.3. The van der Waals surface area contributed by atoms with Gasteiger partial charge in [0.25, 0.3) is 0 Å². The molecule has 3 heterocycles. The normalized spacial score (nSPS) is 12.9. The molecule has 31 heavy (non-hydrogen) atoms. The van der Waals surface area contributed by atoms with Gasteiger partial charge in [-0.1, -0.05) is 36.8 Å². The molecule has 9 nitrogen and oxygen atoms in total. The van der Waals surface area contributed by atoms with Gasteiger partial charge in [0.05, 0.1) is 0 Å². The molecule has 5 rings (SSSR count). The molecular weight excluding hydrogens is 624 g/mol. The van der Waals surface area contributed by atoms with E-state index in [1.54, 1.807) is 9.20 Å². The summed E-state index contributed by atoms with van der Waals surface area (Å²) < 4.78 is 9.53. The van der Waals surface area contributed by atoms with E-state index in [9.17, 15) is 0 Å². The lowest BCUT2D eigenvalue weighted by Crippen LogP contribution is -2.14. The highest BCUT2D eigenvalue weighted by Gasteiger charge is 2.26. The van der Waals surface area contributed by atoms with Crippen molar-refractivity contribution in [3.63, 3.8) is 0 Å². The molecule has 0 bridgehead atoms. The first kappa shape index (κ1) is 23.8. The molecule has 0 unspecified atom stereocenters. The molecule has 164 valence electrons. The average Bonchev–Trinajstić information content (AvgIpc) is 3.40. The van der Waals surface area contributed by atoms with Crippen molar-refractivity contribution in [3.8, 4) is 17.3 Å². The van der Waals surface area contributed by atoms with Gasteiger partial charge in [0.1, 0.15) is 12.9 Å². The Morgan fingerprint density at radius 1 is 1.13 bits per heavy atom. The number of nitrogens with zero attached hydrogens (tertiary/aromatic N) is 7.